The molecule has 1 heterocycles. The first-order valence-corrected chi connectivity index (χ1v) is 4.40. The molecule has 0 aliphatic heterocycles. The van der Waals surface area contributed by atoms with E-state index in [4.69, 9.17) is 5.73 Å². The predicted octanol–water partition coefficient (Wildman–Crippen LogP) is 1.42. The molecule has 0 saturated carbocycles. The lowest BCUT2D eigenvalue weighted by Crippen LogP contribution is -2.11. The number of H-pyrrole nitrogens is 1. The van der Waals surface area contributed by atoms with Crippen LogP contribution in [0.3, 0.4) is 0 Å². The van der Waals surface area contributed by atoms with Crippen molar-refractivity contribution in [2.24, 2.45) is 5.73 Å². The molecule has 0 unspecified atom stereocenters. The Hall–Kier alpha value is -0.900. The van der Waals surface area contributed by atoms with Crippen LogP contribution in [0.2, 0.25) is 0 Å². The van der Waals surface area contributed by atoms with E-state index >= 15 is 0 Å². The number of alkyl halides is 1. The maximum Gasteiger partial charge on any atom is 0.149 e. The fourth-order valence-electron chi connectivity index (χ4n) is 1.36. The summed E-state index contributed by atoms with van der Waals surface area (Å²) >= 11 is 0. The Morgan fingerprint density at radius 2 is 2.15 bits per heavy atom. The third-order valence-electron chi connectivity index (χ3n) is 1.88. The molecule has 0 radical (unpaired) electrons. The Bertz CT molecular complexity index is 286. The SMILES string of the molecule is Cc1[nH]c(CCN)nc1C(C)(C)F. The van der Waals surface area contributed by atoms with Crippen LogP contribution in [-0.4, -0.2) is 16.5 Å². The van der Waals surface area contributed by atoms with E-state index in [9.17, 15) is 4.39 Å². The molecule has 0 fully saturated rings. The number of nitrogens with one attached hydrogen (secondary N) is 1. The van der Waals surface area contributed by atoms with E-state index in [1.807, 2.05) is 6.92 Å². The standard InChI is InChI=1S/C9H16FN3/c1-6-8(9(2,3)10)13-7(12-6)4-5-11/h4-5,11H2,1-3H3,(H,12,13). The highest BCUT2D eigenvalue weighted by Crippen LogP contribution is 2.25. The minimum absolute atomic E-state index is 0.482. The van der Waals surface area contributed by atoms with Crippen LogP contribution in [-0.2, 0) is 12.1 Å². The summed E-state index contributed by atoms with van der Waals surface area (Å²) in [5.74, 6) is 0.765. The molecule has 0 atom stereocenters. The molecule has 0 amide bonds. The van der Waals surface area contributed by atoms with Gasteiger partial charge in [-0.2, -0.15) is 0 Å². The summed E-state index contributed by atoms with van der Waals surface area (Å²) in [6, 6.07) is 0. The van der Waals surface area contributed by atoms with Gasteiger partial charge in [-0.15, -0.1) is 0 Å². The molecule has 3 nitrogen and oxygen atoms in total. The number of halogens is 1. The van der Waals surface area contributed by atoms with E-state index in [1.54, 1.807) is 0 Å². The van der Waals surface area contributed by atoms with Crippen molar-refractivity contribution in [3.63, 3.8) is 0 Å². The number of nitrogens with zero attached hydrogens (tertiary/aromatic N) is 1. The summed E-state index contributed by atoms with van der Waals surface area (Å²) in [4.78, 5) is 7.18. The number of aromatic amines is 1. The third-order valence-corrected chi connectivity index (χ3v) is 1.88. The Balaban J connectivity index is 2.96. The number of hydrogen-bond acceptors (Lipinski definition) is 2. The highest BCUT2D eigenvalue weighted by molar-refractivity contribution is 5.19. The average Bonchev–Trinajstić information content (AvgIpc) is 2.30. The number of rotatable bonds is 3. The zero-order chi connectivity index (χ0) is 10.1. The van der Waals surface area contributed by atoms with Crippen molar-refractivity contribution >= 4 is 0 Å². The molecular weight excluding hydrogens is 169 g/mol. The number of imidazole rings is 1. The number of hydrogen-bond donors (Lipinski definition) is 2. The smallest absolute Gasteiger partial charge is 0.149 e. The Morgan fingerprint density at radius 1 is 1.54 bits per heavy atom. The van der Waals surface area contributed by atoms with Crippen molar-refractivity contribution in [2.75, 3.05) is 6.54 Å². The van der Waals surface area contributed by atoms with Gasteiger partial charge >= 0.3 is 0 Å². The molecule has 0 aliphatic carbocycles. The van der Waals surface area contributed by atoms with Crippen molar-refractivity contribution in [2.45, 2.75) is 32.9 Å². The summed E-state index contributed by atoms with van der Waals surface area (Å²) in [6.07, 6.45) is 0.664. The van der Waals surface area contributed by atoms with E-state index < -0.39 is 5.67 Å². The topological polar surface area (TPSA) is 54.7 Å². The highest BCUT2D eigenvalue weighted by atomic mass is 19.1. The normalized spacial score (nSPS) is 12.1. The van der Waals surface area contributed by atoms with Crippen molar-refractivity contribution in [3.8, 4) is 0 Å². The van der Waals surface area contributed by atoms with Gasteiger partial charge in [0.25, 0.3) is 0 Å². The molecule has 0 saturated heterocycles. The maximum absolute atomic E-state index is 13.5. The van der Waals surface area contributed by atoms with Crippen LogP contribution in [0.15, 0.2) is 0 Å². The summed E-state index contributed by atoms with van der Waals surface area (Å²) in [7, 11) is 0. The van der Waals surface area contributed by atoms with Gasteiger partial charge in [0, 0.05) is 12.1 Å². The lowest BCUT2D eigenvalue weighted by Gasteiger charge is -2.11. The first-order valence-electron chi connectivity index (χ1n) is 4.40. The van der Waals surface area contributed by atoms with Crippen LogP contribution < -0.4 is 5.73 Å². The van der Waals surface area contributed by atoms with Crippen molar-refractivity contribution in [1.82, 2.24) is 9.97 Å². The van der Waals surface area contributed by atoms with Crippen LogP contribution >= 0.6 is 0 Å². The van der Waals surface area contributed by atoms with Gasteiger partial charge in [-0.05, 0) is 27.3 Å². The predicted molar refractivity (Wildman–Crippen MR) is 50.2 cm³/mol. The molecule has 4 heteroatoms. The molecule has 13 heavy (non-hydrogen) atoms. The largest absolute Gasteiger partial charge is 0.346 e. The zero-order valence-electron chi connectivity index (χ0n) is 8.32. The molecule has 1 rings (SSSR count). The minimum atomic E-state index is -1.38. The number of aromatic nitrogens is 2. The van der Waals surface area contributed by atoms with Gasteiger partial charge < -0.3 is 10.7 Å². The van der Waals surface area contributed by atoms with Gasteiger partial charge in [0.05, 0.1) is 5.69 Å². The Labute approximate surface area is 77.6 Å². The molecule has 3 N–H and O–H groups in total. The monoisotopic (exact) mass is 185 g/mol. The second kappa shape index (κ2) is 3.46. The number of nitrogens with two attached hydrogens (primary N) is 1. The quantitative estimate of drug-likeness (QED) is 0.748. The maximum atomic E-state index is 13.5. The van der Waals surface area contributed by atoms with Crippen molar-refractivity contribution in [1.29, 1.82) is 0 Å². The van der Waals surface area contributed by atoms with Crippen molar-refractivity contribution < 1.29 is 4.39 Å². The van der Waals surface area contributed by atoms with Gasteiger partial charge in [0.15, 0.2) is 0 Å². The van der Waals surface area contributed by atoms with Gasteiger partial charge in [-0.1, -0.05) is 0 Å². The van der Waals surface area contributed by atoms with Crippen LogP contribution in [0, 0.1) is 6.92 Å². The molecule has 1 aromatic heterocycles. The first kappa shape index (κ1) is 10.2. The van der Waals surface area contributed by atoms with Gasteiger partial charge in [-0.25, -0.2) is 9.37 Å². The van der Waals surface area contributed by atoms with E-state index in [-0.39, 0.29) is 0 Å². The highest BCUT2D eigenvalue weighted by Gasteiger charge is 2.24. The third kappa shape index (κ3) is 2.28. The summed E-state index contributed by atoms with van der Waals surface area (Å²) in [6.45, 7) is 5.35. The molecule has 74 valence electrons. The molecule has 0 spiro atoms. The Morgan fingerprint density at radius 3 is 2.54 bits per heavy atom. The lowest BCUT2D eigenvalue weighted by atomic mass is 10.1. The second-order valence-corrected chi connectivity index (χ2v) is 3.67. The summed E-state index contributed by atoms with van der Waals surface area (Å²) in [5, 5.41) is 0. The van der Waals surface area contributed by atoms with Gasteiger partial charge in [0.2, 0.25) is 0 Å². The second-order valence-electron chi connectivity index (χ2n) is 3.67. The van der Waals surface area contributed by atoms with Crippen LogP contribution in [0.4, 0.5) is 4.39 Å². The van der Waals surface area contributed by atoms with Crippen LogP contribution in [0.25, 0.3) is 0 Å². The average molecular weight is 185 g/mol. The molecule has 0 aliphatic rings. The van der Waals surface area contributed by atoms with Crippen molar-refractivity contribution in [3.05, 3.63) is 17.2 Å². The van der Waals surface area contributed by atoms with Gasteiger partial charge in [-0.3, -0.25) is 0 Å². The van der Waals surface area contributed by atoms with Gasteiger partial charge in [0.1, 0.15) is 11.5 Å². The summed E-state index contributed by atoms with van der Waals surface area (Å²) < 4.78 is 13.5. The molecular formula is C9H16FN3. The Kier molecular flexibility index (Phi) is 2.71. The van der Waals surface area contributed by atoms with E-state index in [2.05, 4.69) is 9.97 Å². The van der Waals surface area contributed by atoms with Crippen LogP contribution in [0.5, 0.6) is 0 Å². The fourth-order valence-corrected chi connectivity index (χ4v) is 1.36. The van der Waals surface area contributed by atoms with E-state index in [0.29, 0.717) is 18.7 Å². The molecule has 0 bridgehead atoms. The number of aryl methyl sites for hydroxylation is 1. The van der Waals surface area contributed by atoms with Crippen LogP contribution in [0.1, 0.15) is 31.1 Å². The fraction of sp³-hybridized carbons (Fsp3) is 0.667. The molecule has 0 aromatic carbocycles. The minimum Gasteiger partial charge on any atom is -0.346 e. The zero-order valence-corrected chi connectivity index (χ0v) is 8.32. The summed E-state index contributed by atoms with van der Waals surface area (Å²) in [5.41, 5.74) is 5.26. The van der Waals surface area contributed by atoms with E-state index in [1.165, 1.54) is 13.8 Å². The lowest BCUT2D eigenvalue weighted by molar-refractivity contribution is 0.214. The first-order chi connectivity index (χ1) is 5.95. The molecule has 1 aromatic rings. The van der Waals surface area contributed by atoms with E-state index in [0.717, 1.165) is 11.5 Å².